The first-order valence-electron chi connectivity index (χ1n) is 10.2. The number of piperazine rings is 1. The van der Waals surface area contributed by atoms with E-state index in [1.54, 1.807) is 23.1 Å². The van der Waals surface area contributed by atoms with Gasteiger partial charge in [0, 0.05) is 45.0 Å². The smallest absolute Gasteiger partial charge is 0.272 e. The Morgan fingerprint density at radius 2 is 1.76 bits per heavy atom. The van der Waals surface area contributed by atoms with Crippen molar-refractivity contribution in [2.45, 2.75) is 18.9 Å². The number of pyridine rings is 1. The largest absolute Gasteiger partial charge is 0.376 e. The van der Waals surface area contributed by atoms with E-state index >= 15 is 0 Å². The van der Waals surface area contributed by atoms with Crippen LogP contribution in [-0.2, 0) is 4.74 Å². The minimum Gasteiger partial charge on any atom is -0.376 e. The zero-order valence-corrected chi connectivity index (χ0v) is 16.4. The van der Waals surface area contributed by atoms with Crippen LogP contribution in [0.4, 0.5) is 5.69 Å². The molecule has 2 amide bonds. The van der Waals surface area contributed by atoms with E-state index in [0.29, 0.717) is 25.3 Å². The highest BCUT2D eigenvalue weighted by Crippen LogP contribution is 2.17. The summed E-state index contributed by atoms with van der Waals surface area (Å²) in [7, 11) is 0. The number of carbonyl (C=O) groups excluding carboxylic acids is 2. The van der Waals surface area contributed by atoms with Gasteiger partial charge in [-0.15, -0.1) is 0 Å². The molecule has 2 aliphatic heterocycles. The lowest BCUT2D eigenvalue weighted by atomic mass is 10.2. The van der Waals surface area contributed by atoms with Crippen molar-refractivity contribution in [3.63, 3.8) is 0 Å². The number of hydrogen-bond donors (Lipinski definition) is 1. The van der Waals surface area contributed by atoms with Crippen LogP contribution < -0.4 is 10.2 Å². The normalized spacial score (nSPS) is 19.2. The number of carbonyl (C=O) groups is 2. The summed E-state index contributed by atoms with van der Waals surface area (Å²) < 4.78 is 5.52. The Balaban J connectivity index is 1.34. The number of nitrogens with one attached hydrogen (secondary N) is 1. The summed E-state index contributed by atoms with van der Waals surface area (Å²) in [5.74, 6) is -0.407. The van der Waals surface area contributed by atoms with E-state index in [0.717, 1.165) is 32.5 Å². The van der Waals surface area contributed by atoms with Crippen molar-refractivity contribution in [3.8, 4) is 0 Å². The molecule has 4 rings (SSSR count). The highest BCUT2D eigenvalue weighted by molar-refractivity contribution is 5.96. The van der Waals surface area contributed by atoms with Gasteiger partial charge in [-0.05, 0) is 37.1 Å². The molecule has 2 aliphatic rings. The maximum Gasteiger partial charge on any atom is 0.272 e. The molecular weight excluding hydrogens is 368 g/mol. The molecule has 1 aromatic heterocycles. The van der Waals surface area contributed by atoms with Crippen LogP contribution in [0.1, 0.15) is 33.8 Å². The van der Waals surface area contributed by atoms with Crippen molar-refractivity contribution in [2.24, 2.45) is 0 Å². The van der Waals surface area contributed by atoms with Crippen molar-refractivity contribution in [1.29, 1.82) is 0 Å². The van der Waals surface area contributed by atoms with Crippen LogP contribution in [0, 0.1) is 0 Å². The number of aromatic nitrogens is 1. The molecule has 0 radical (unpaired) electrons. The number of anilines is 1. The summed E-state index contributed by atoms with van der Waals surface area (Å²) in [5, 5.41) is 2.85. The molecule has 2 aromatic rings. The van der Waals surface area contributed by atoms with Gasteiger partial charge in [-0.25, -0.2) is 4.98 Å². The average molecular weight is 394 g/mol. The van der Waals surface area contributed by atoms with E-state index < -0.39 is 0 Å². The molecule has 1 atom stereocenters. The van der Waals surface area contributed by atoms with Crippen LogP contribution >= 0.6 is 0 Å². The zero-order valence-electron chi connectivity index (χ0n) is 16.4. The Hall–Kier alpha value is -2.93. The SMILES string of the molecule is O=C(NCC1CCCO1)c1cccc(C(=O)N2CCN(c3ccccc3)CC2)n1. The molecule has 7 nitrogen and oxygen atoms in total. The molecule has 0 aliphatic carbocycles. The lowest BCUT2D eigenvalue weighted by Crippen LogP contribution is -2.49. The number of nitrogens with zero attached hydrogens (tertiary/aromatic N) is 3. The molecule has 1 N–H and O–H groups in total. The predicted octanol–water partition coefficient (Wildman–Crippen LogP) is 1.95. The maximum atomic E-state index is 12.9. The van der Waals surface area contributed by atoms with E-state index in [1.165, 1.54) is 5.69 Å². The fourth-order valence-corrected chi connectivity index (χ4v) is 3.75. The third kappa shape index (κ3) is 4.74. The predicted molar refractivity (Wildman–Crippen MR) is 110 cm³/mol. The Labute approximate surface area is 170 Å². The van der Waals surface area contributed by atoms with Gasteiger partial charge in [-0.3, -0.25) is 9.59 Å². The van der Waals surface area contributed by atoms with E-state index in [-0.39, 0.29) is 23.6 Å². The van der Waals surface area contributed by atoms with E-state index in [4.69, 9.17) is 4.74 Å². The topological polar surface area (TPSA) is 74.8 Å². The van der Waals surface area contributed by atoms with Gasteiger partial charge in [-0.1, -0.05) is 24.3 Å². The molecule has 1 unspecified atom stereocenters. The lowest BCUT2D eigenvalue weighted by Gasteiger charge is -2.36. The monoisotopic (exact) mass is 394 g/mol. The third-order valence-electron chi connectivity index (χ3n) is 5.40. The molecule has 7 heteroatoms. The van der Waals surface area contributed by atoms with Gasteiger partial charge in [0.15, 0.2) is 0 Å². The summed E-state index contributed by atoms with van der Waals surface area (Å²) >= 11 is 0. The number of hydrogen-bond acceptors (Lipinski definition) is 5. The van der Waals surface area contributed by atoms with Crippen molar-refractivity contribution in [3.05, 3.63) is 59.9 Å². The van der Waals surface area contributed by atoms with Gasteiger partial charge < -0.3 is 19.9 Å². The number of ether oxygens (including phenoxy) is 1. The number of amides is 2. The second-order valence-electron chi connectivity index (χ2n) is 7.37. The lowest BCUT2D eigenvalue weighted by molar-refractivity contribution is 0.0740. The number of rotatable bonds is 5. The summed E-state index contributed by atoms with van der Waals surface area (Å²) in [6.45, 7) is 4.03. The van der Waals surface area contributed by atoms with Crippen LogP contribution in [-0.4, -0.2) is 67.1 Å². The Kier molecular flexibility index (Phi) is 6.05. The molecular formula is C22H26N4O3. The van der Waals surface area contributed by atoms with Crippen LogP contribution in [0.25, 0.3) is 0 Å². The van der Waals surface area contributed by atoms with Gasteiger partial charge in [0.25, 0.3) is 11.8 Å². The second kappa shape index (κ2) is 9.05. The Morgan fingerprint density at radius 1 is 1.00 bits per heavy atom. The molecule has 1 aromatic carbocycles. The van der Waals surface area contributed by atoms with Crippen molar-refractivity contribution < 1.29 is 14.3 Å². The first-order valence-corrected chi connectivity index (χ1v) is 10.2. The highest BCUT2D eigenvalue weighted by Gasteiger charge is 2.24. The quantitative estimate of drug-likeness (QED) is 0.839. The minimum absolute atomic E-state index is 0.0738. The van der Waals surface area contributed by atoms with Crippen LogP contribution in [0.3, 0.4) is 0 Å². The van der Waals surface area contributed by atoms with Gasteiger partial charge in [-0.2, -0.15) is 0 Å². The summed E-state index contributed by atoms with van der Waals surface area (Å²) in [5.41, 5.74) is 1.74. The molecule has 0 bridgehead atoms. The molecule has 0 spiro atoms. The van der Waals surface area contributed by atoms with Crippen molar-refractivity contribution >= 4 is 17.5 Å². The second-order valence-corrected chi connectivity index (χ2v) is 7.37. The minimum atomic E-state index is -0.274. The highest BCUT2D eigenvalue weighted by atomic mass is 16.5. The molecule has 152 valence electrons. The van der Waals surface area contributed by atoms with Gasteiger partial charge in [0.05, 0.1) is 6.10 Å². The van der Waals surface area contributed by atoms with Crippen molar-refractivity contribution in [2.75, 3.05) is 44.2 Å². The molecule has 2 fully saturated rings. The first kappa shape index (κ1) is 19.4. The van der Waals surface area contributed by atoms with Gasteiger partial charge in [0.1, 0.15) is 11.4 Å². The van der Waals surface area contributed by atoms with E-state index in [1.807, 2.05) is 18.2 Å². The number of para-hydroxylation sites is 1. The Bertz CT molecular complexity index is 844. The van der Waals surface area contributed by atoms with E-state index in [2.05, 4.69) is 27.3 Å². The third-order valence-corrected chi connectivity index (χ3v) is 5.40. The van der Waals surface area contributed by atoms with Crippen molar-refractivity contribution in [1.82, 2.24) is 15.2 Å². The average Bonchev–Trinajstić information content (AvgIpc) is 3.31. The summed E-state index contributed by atoms with van der Waals surface area (Å²) in [6, 6.07) is 15.2. The number of benzene rings is 1. The van der Waals surface area contributed by atoms with E-state index in [9.17, 15) is 9.59 Å². The summed E-state index contributed by atoms with van der Waals surface area (Å²) in [6.07, 6.45) is 2.06. The first-order chi connectivity index (χ1) is 14.2. The zero-order chi connectivity index (χ0) is 20.1. The standard InChI is InChI=1S/C22H26N4O3/c27-21(23-16-18-8-5-15-29-18)19-9-4-10-20(24-19)22(28)26-13-11-25(12-14-26)17-6-2-1-3-7-17/h1-4,6-7,9-10,18H,5,8,11-16H2,(H,23,27). The molecule has 3 heterocycles. The van der Waals surface area contributed by atoms with Crippen LogP contribution in [0.2, 0.25) is 0 Å². The molecule has 2 saturated heterocycles. The summed E-state index contributed by atoms with van der Waals surface area (Å²) in [4.78, 5) is 33.7. The maximum absolute atomic E-state index is 12.9. The fourth-order valence-electron chi connectivity index (χ4n) is 3.75. The van der Waals surface area contributed by atoms with Crippen LogP contribution in [0.5, 0.6) is 0 Å². The molecule has 0 saturated carbocycles. The fraction of sp³-hybridized carbons (Fsp3) is 0.409. The van der Waals surface area contributed by atoms with Crippen LogP contribution in [0.15, 0.2) is 48.5 Å². The van der Waals surface area contributed by atoms with Gasteiger partial charge >= 0.3 is 0 Å². The Morgan fingerprint density at radius 3 is 2.48 bits per heavy atom. The molecule has 29 heavy (non-hydrogen) atoms. The van der Waals surface area contributed by atoms with Gasteiger partial charge in [0.2, 0.25) is 0 Å².